The number of carbonyl (C=O) groups is 1. The minimum atomic E-state index is -0.233. The molecule has 2 aromatic carbocycles. The smallest absolute Gasteiger partial charge is 0.333 e. The van der Waals surface area contributed by atoms with Crippen molar-refractivity contribution in [3.63, 3.8) is 0 Å². The topological polar surface area (TPSA) is 59.3 Å². The van der Waals surface area contributed by atoms with Crippen LogP contribution in [-0.2, 0) is 9.53 Å². The van der Waals surface area contributed by atoms with Gasteiger partial charge >= 0.3 is 5.97 Å². The first-order chi connectivity index (χ1) is 13.7. The van der Waals surface area contributed by atoms with Gasteiger partial charge in [0.2, 0.25) is 0 Å². The maximum atomic E-state index is 11.3. The summed E-state index contributed by atoms with van der Waals surface area (Å²) in [5, 5.41) is 8.87. The Bertz CT molecular complexity index is 831. The molecular weight excluding hydrogens is 350 g/mol. The summed E-state index contributed by atoms with van der Waals surface area (Å²) in [5.74, 6) is 0.636. The standard InChI is InChI=1S/C24H25NO3/c1-18-16-23(28-24(18)26)6-4-2-3-5-15-27-22-13-11-21(12-14-22)20-9-7-19(17-25)8-10-20/h7-14,23H,1-6,15-16H2. The number of unbranched alkanes of at least 4 members (excludes halogenated alkanes) is 3. The summed E-state index contributed by atoms with van der Waals surface area (Å²) in [5.41, 5.74) is 3.45. The molecular formula is C24H25NO3. The Morgan fingerprint density at radius 1 is 1.00 bits per heavy atom. The Morgan fingerprint density at radius 2 is 1.64 bits per heavy atom. The molecule has 0 amide bonds. The van der Waals surface area contributed by atoms with Crippen LogP contribution in [0.2, 0.25) is 0 Å². The van der Waals surface area contributed by atoms with E-state index in [0.29, 0.717) is 24.2 Å². The summed E-state index contributed by atoms with van der Waals surface area (Å²) in [6, 6.07) is 17.7. The Labute approximate surface area is 166 Å². The average molecular weight is 375 g/mol. The normalized spacial score (nSPS) is 15.9. The van der Waals surface area contributed by atoms with E-state index in [1.165, 1.54) is 0 Å². The van der Waals surface area contributed by atoms with Gasteiger partial charge in [0.15, 0.2) is 0 Å². The van der Waals surface area contributed by atoms with Crippen LogP contribution in [0.5, 0.6) is 5.75 Å². The van der Waals surface area contributed by atoms with E-state index in [-0.39, 0.29) is 12.1 Å². The number of benzene rings is 2. The first-order valence-corrected chi connectivity index (χ1v) is 9.78. The van der Waals surface area contributed by atoms with Crippen molar-refractivity contribution in [2.24, 2.45) is 0 Å². The van der Waals surface area contributed by atoms with Crippen LogP contribution < -0.4 is 4.74 Å². The van der Waals surface area contributed by atoms with Crippen LogP contribution in [0.15, 0.2) is 60.7 Å². The molecule has 144 valence electrons. The number of hydrogen-bond donors (Lipinski definition) is 0. The lowest BCUT2D eigenvalue weighted by Crippen LogP contribution is -2.06. The van der Waals surface area contributed by atoms with Gasteiger partial charge in [-0.3, -0.25) is 0 Å². The second kappa shape index (κ2) is 9.75. The van der Waals surface area contributed by atoms with Gasteiger partial charge in [0.05, 0.1) is 18.2 Å². The highest BCUT2D eigenvalue weighted by Gasteiger charge is 2.26. The third-order valence-electron chi connectivity index (χ3n) is 4.93. The van der Waals surface area contributed by atoms with Crippen LogP contribution in [0.25, 0.3) is 11.1 Å². The molecule has 1 heterocycles. The average Bonchev–Trinajstić information content (AvgIpc) is 3.05. The van der Waals surface area contributed by atoms with Crippen LogP contribution >= 0.6 is 0 Å². The molecule has 3 rings (SSSR count). The van der Waals surface area contributed by atoms with Gasteiger partial charge in [-0.15, -0.1) is 0 Å². The van der Waals surface area contributed by atoms with Crippen LogP contribution in [0, 0.1) is 11.3 Å². The zero-order valence-electron chi connectivity index (χ0n) is 16.0. The molecule has 1 aliphatic heterocycles. The number of esters is 1. The zero-order chi connectivity index (χ0) is 19.8. The lowest BCUT2D eigenvalue weighted by atomic mass is 10.0. The van der Waals surface area contributed by atoms with E-state index in [2.05, 4.69) is 12.6 Å². The Hall–Kier alpha value is -3.06. The second-order valence-electron chi connectivity index (χ2n) is 7.10. The van der Waals surface area contributed by atoms with Crippen molar-refractivity contribution < 1.29 is 14.3 Å². The Kier molecular flexibility index (Phi) is 6.86. The number of ether oxygens (including phenoxy) is 2. The molecule has 2 aromatic rings. The van der Waals surface area contributed by atoms with Gasteiger partial charge in [0.1, 0.15) is 11.9 Å². The Morgan fingerprint density at radius 3 is 2.25 bits per heavy atom. The van der Waals surface area contributed by atoms with E-state index in [1.807, 2.05) is 48.5 Å². The highest BCUT2D eigenvalue weighted by atomic mass is 16.5. The van der Waals surface area contributed by atoms with Crippen molar-refractivity contribution in [1.82, 2.24) is 0 Å². The summed E-state index contributed by atoms with van der Waals surface area (Å²) in [6.07, 6.45) is 5.92. The quantitative estimate of drug-likeness (QED) is 0.333. The molecule has 1 atom stereocenters. The highest BCUT2D eigenvalue weighted by Crippen LogP contribution is 2.24. The van der Waals surface area contributed by atoms with Crippen molar-refractivity contribution in [2.45, 2.75) is 44.6 Å². The minimum absolute atomic E-state index is 0.0332. The molecule has 1 unspecified atom stereocenters. The largest absolute Gasteiger partial charge is 0.494 e. The lowest BCUT2D eigenvalue weighted by Gasteiger charge is -2.09. The summed E-state index contributed by atoms with van der Waals surface area (Å²) in [7, 11) is 0. The lowest BCUT2D eigenvalue weighted by molar-refractivity contribution is -0.139. The summed E-state index contributed by atoms with van der Waals surface area (Å²) < 4.78 is 11.1. The molecule has 1 saturated heterocycles. The molecule has 28 heavy (non-hydrogen) atoms. The maximum Gasteiger partial charge on any atom is 0.333 e. The van der Waals surface area contributed by atoms with Crippen molar-refractivity contribution in [2.75, 3.05) is 6.61 Å². The second-order valence-corrected chi connectivity index (χ2v) is 7.10. The van der Waals surface area contributed by atoms with Gasteiger partial charge in [-0.05, 0) is 54.7 Å². The van der Waals surface area contributed by atoms with Crippen LogP contribution in [-0.4, -0.2) is 18.7 Å². The maximum absolute atomic E-state index is 11.3. The number of nitriles is 1. The van der Waals surface area contributed by atoms with Gasteiger partial charge in [-0.2, -0.15) is 5.26 Å². The van der Waals surface area contributed by atoms with Crippen molar-refractivity contribution >= 4 is 5.97 Å². The molecule has 0 aliphatic carbocycles. The fourth-order valence-electron chi connectivity index (χ4n) is 3.29. The molecule has 0 aromatic heterocycles. The van der Waals surface area contributed by atoms with Gasteiger partial charge in [-0.25, -0.2) is 4.79 Å². The van der Waals surface area contributed by atoms with E-state index >= 15 is 0 Å². The van der Waals surface area contributed by atoms with Gasteiger partial charge in [0, 0.05) is 12.0 Å². The Balaban J connectivity index is 1.31. The minimum Gasteiger partial charge on any atom is -0.494 e. The van der Waals surface area contributed by atoms with Crippen molar-refractivity contribution in [3.05, 3.63) is 66.2 Å². The van der Waals surface area contributed by atoms with Gasteiger partial charge in [-0.1, -0.05) is 43.7 Å². The van der Waals surface area contributed by atoms with Gasteiger partial charge in [0.25, 0.3) is 0 Å². The predicted molar refractivity (Wildman–Crippen MR) is 109 cm³/mol. The first kappa shape index (κ1) is 19.7. The molecule has 0 saturated carbocycles. The highest BCUT2D eigenvalue weighted by molar-refractivity contribution is 5.89. The predicted octanol–water partition coefficient (Wildman–Crippen LogP) is 5.43. The first-order valence-electron chi connectivity index (χ1n) is 9.78. The number of rotatable bonds is 9. The van der Waals surface area contributed by atoms with E-state index < -0.39 is 0 Å². The van der Waals surface area contributed by atoms with Crippen molar-refractivity contribution in [1.29, 1.82) is 5.26 Å². The van der Waals surface area contributed by atoms with E-state index in [1.54, 1.807) is 0 Å². The molecule has 4 heteroatoms. The van der Waals surface area contributed by atoms with Crippen molar-refractivity contribution in [3.8, 4) is 22.9 Å². The molecule has 0 N–H and O–H groups in total. The molecule has 0 spiro atoms. The SMILES string of the molecule is C=C1CC(CCCCCCOc2ccc(-c3ccc(C#N)cc3)cc2)OC1=O. The zero-order valence-corrected chi connectivity index (χ0v) is 16.0. The monoisotopic (exact) mass is 375 g/mol. The molecule has 4 nitrogen and oxygen atoms in total. The van der Waals surface area contributed by atoms with E-state index in [0.717, 1.165) is 49.0 Å². The molecule has 1 fully saturated rings. The molecule has 0 bridgehead atoms. The van der Waals surface area contributed by atoms with E-state index in [9.17, 15) is 4.79 Å². The van der Waals surface area contributed by atoms with Crippen LogP contribution in [0.1, 0.15) is 44.1 Å². The molecule has 0 radical (unpaired) electrons. The van der Waals surface area contributed by atoms with E-state index in [4.69, 9.17) is 14.7 Å². The third kappa shape index (κ3) is 5.47. The fraction of sp³-hybridized carbons (Fsp3) is 0.333. The fourth-order valence-corrected chi connectivity index (χ4v) is 3.29. The van der Waals surface area contributed by atoms with Gasteiger partial charge < -0.3 is 9.47 Å². The third-order valence-corrected chi connectivity index (χ3v) is 4.93. The summed E-state index contributed by atoms with van der Waals surface area (Å²) in [6.45, 7) is 4.41. The number of nitrogens with zero attached hydrogens (tertiary/aromatic N) is 1. The number of hydrogen-bond acceptors (Lipinski definition) is 4. The van der Waals surface area contributed by atoms with Crippen LogP contribution in [0.4, 0.5) is 0 Å². The van der Waals surface area contributed by atoms with Crippen LogP contribution in [0.3, 0.4) is 0 Å². The number of cyclic esters (lactones) is 1. The summed E-state index contributed by atoms with van der Waals surface area (Å²) >= 11 is 0. The molecule has 1 aliphatic rings. The summed E-state index contributed by atoms with van der Waals surface area (Å²) in [4.78, 5) is 11.3. The number of carbonyl (C=O) groups excluding carboxylic acids is 1.